The van der Waals surface area contributed by atoms with Crippen LogP contribution in [0.5, 0.6) is 0 Å². The van der Waals surface area contributed by atoms with Crippen LogP contribution in [-0.2, 0) is 9.59 Å². The van der Waals surface area contributed by atoms with Gasteiger partial charge in [0.1, 0.15) is 0 Å². The number of imide groups is 1. The fourth-order valence-electron chi connectivity index (χ4n) is 1.37. The van der Waals surface area contributed by atoms with Crippen LogP contribution in [0.1, 0.15) is 23.2 Å². The van der Waals surface area contributed by atoms with E-state index in [1.54, 1.807) is 30.3 Å². The normalized spacial score (nSPS) is 15.6. The lowest BCUT2D eigenvalue weighted by atomic mass is 10.2. The highest BCUT2D eigenvalue weighted by Crippen LogP contribution is 2.24. The van der Waals surface area contributed by atoms with Gasteiger partial charge in [-0.1, -0.05) is 30.3 Å². The summed E-state index contributed by atoms with van der Waals surface area (Å²) in [4.78, 5) is 34.3. The van der Waals surface area contributed by atoms with Crippen molar-refractivity contribution in [2.75, 3.05) is 0 Å². The predicted octanol–water partition coefficient (Wildman–Crippen LogP) is 1.62. The highest BCUT2D eigenvalue weighted by atomic mass is 32.2. The summed E-state index contributed by atoms with van der Waals surface area (Å²) in [5, 5.41) is -0.288. The SMILES string of the molecule is O=C(SN1C(=O)CCC1=O)c1ccccc1. The summed E-state index contributed by atoms with van der Waals surface area (Å²) in [6.45, 7) is 0. The second kappa shape index (κ2) is 4.49. The van der Waals surface area contributed by atoms with Gasteiger partial charge in [-0.2, -0.15) is 0 Å². The molecule has 1 aromatic carbocycles. The molecule has 0 saturated carbocycles. The lowest BCUT2D eigenvalue weighted by molar-refractivity contribution is -0.131. The molecular formula is C11H9NO3S. The Balaban J connectivity index is 2.08. The Morgan fingerprint density at radius 3 is 2.19 bits per heavy atom. The van der Waals surface area contributed by atoms with Gasteiger partial charge in [0, 0.05) is 30.4 Å². The zero-order chi connectivity index (χ0) is 11.5. The molecule has 1 aliphatic rings. The number of carbonyl (C=O) groups excluding carboxylic acids is 3. The Morgan fingerprint density at radius 2 is 1.62 bits per heavy atom. The Kier molecular flexibility index (Phi) is 3.05. The third-order valence-corrected chi connectivity index (χ3v) is 3.18. The van der Waals surface area contributed by atoms with E-state index in [9.17, 15) is 14.4 Å². The van der Waals surface area contributed by atoms with Gasteiger partial charge in [0.05, 0.1) is 0 Å². The van der Waals surface area contributed by atoms with Gasteiger partial charge in [0.2, 0.25) is 16.9 Å². The first-order chi connectivity index (χ1) is 7.68. The summed E-state index contributed by atoms with van der Waals surface area (Å²) in [6, 6.07) is 8.58. The minimum Gasteiger partial charge on any atom is -0.280 e. The lowest BCUT2D eigenvalue weighted by Crippen LogP contribution is -2.23. The largest absolute Gasteiger partial charge is 0.280 e. The number of amides is 2. The molecule has 1 heterocycles. The first kappa shape index (κ1) is 10.9. The standard InChI is InChI=1S/C11H9NO3S/c13-9-6-7-10(14)12(9)16-11(15)8-4-2-1-3-5-8/h1-5H,6-7H2. The fraction of sp³-hybridized carbons (Fsp3) is 0.182. The van der Waals surface area contributed by atoms with Gasteiger partial charge in [0.15, 0.2) is 0 Å². The van der Waals surface area contributed by atoms with Gasteiger partial charge < -0.3 is 0 Å². The molecule has 0 spiro atoms. The monoisotopic (exact) mass is 235 g/mol. The maximum absolute atomic E-state index is 11.7. The Bertz CT molecular complexity index is 428. The van der Waals surface area contributed by atoms with Crippen molar-refractivity contribution in [1.29, 1.82) is 0 Å². The first-order valence-electron chi connectivity index (χ1n) is 4.81. The van der Waals surface area contributed by atoms with Gasteiger partial charge in [-0.15, -0.1) is 0 Å². The summed E-state index contributed by atoms with van der Waals surface area (Å²) in [5.41, 5.74) is 0.486. The highest BCUT2D eigenvalue weighted by molar-refractivity contribution is 8.13. The Morgan fingerprint density at radius 1 is 1.06 bits per heavy atom. The van der Waals surface area contributed by atoms with Crippen LogP contribution in [0.25, 0.3) is 0 Å². The van der Waals surface area contributed by atoms with Crippen molar-refractivity contribution in [2.24, 2.45) is 0 Å². The number of hydrogen-bond acceptors (Lipinski definition) is 4. The lowest BCUT2D eigenvalue weighted by Gasteiger charge is -2.10. The summed E-state index contributed by atoms with van der Waals surface area (Å²) < 4.78 is 0.954. The van der Waals surface area contributed by atoms with E-state index in [1.165, 1.54) is 0 Å². The van der Waals surface area contributed by atoms with Crippen LogP contribution in [0.2, 0.25) is 0 Å². The zero-order valence-corrected chi connectivity index (χ0v) is 9.20. The molecular weight excluding hydrogens is 226 g/mol. The van der Waals surface area contributed by atoms with E-state index in [-0.39, 0.29) is 29.8 Å². The molecule has 2 rings (SSSR count). The second-order valence-corrected chi connectivity index (χ2v) is 4.25. The molecule has 5 heteroatoms. The fourth-order valence-corrected chi connectivity index (χ4v) is 2.16. The summed E-state index contributed by atoms with van der Waals surface area (Å²) in [7, 11) is 0. The number of benzene rings is 1. The van der Waals surface area contributed by atoms with Crippen molar-refractivity contribution in [1.82, 2.24) is 4.31 Å². The van der Waals surface area contributed by atoms with Gasteiger partial charge in [-0.3, -0.25) is 14.4 Å². The summed E-state index contributed by atoms with van der Waals surface area (Å²) in [5.74, 6) is -0.585. The van der Waals surface area contributed by atoms with Crippen molar-refractivity contribution in [3.8, 4) is 0 Å². The molecule has 82 valence electrons. The van der Waals surface area contributed by atoms with Crippen molar-refractivity contribution in [3.05, 3.63) is 35.9 Å². The van der Waals surface area contributed by atoms with Crippen molar-refractivity contribution < 1.29 is 14.4 Å². The second-order valence-electron chi connectivity index (χ2n) is 3.33. The Labute approximate surface area is 96.8 Å². The number of rotatable bonds is 2. The molecule has 0 N–H and O–H groups in total. The van der Waals surface area contributed by atoms with Crippen LogP contribution in [0.3, 0.4) is 0 Å². The maximum Gasteiger partial charge on any atom is 0.240 e. The minimum atomic E-state index is -0.292. The van der Waals surface area contributed by atoms with Crippen LogP contribution in [0.4, 0.5) is 0 Å². The zero-order valence-electron chi connectivity index (χ0n) is 8.38. The molecule has 4 nitrogen and oxygen atoms in total. The molecule has 16 heavy (non-hydrogen) atoms. The average molecular weight is 235 g/mol. The number of hydrogen-bond donors (Lipinski definition) is 0. The van der Waals surface area contributed by atoms with Crippen LogP contribution in [0, 0.1) is 0 Å². The van der Waals surface area contributed by atoms with Crippen LogP contribution in [-0.4, -0.2) is 21.2 Å². The molecule has 1 fully saturated rings. The summed E-state index contributed by atoms with van der Waals surface area (Å²) >= 11 is 0.672. The average Bonchev–Trinajstić information content (AvgIpc) is 2.62. The van der Waals surface area contributed by atoms with Crippen LogP contribution in [0.15, 0.2) is 30.3 Å². The Hall–Kier alpha value is -1.62. The molecule has 0 unspecified atom stereocenters. The first-order valence-corrected chi connectivity index (χ1v) is 5.59. The van der Waals surface area contributed by atoms with E-state index in [2.05, 4.69) is 0 Å². The minimum absolute atomic E-state index is 0.202. The molecule has 2 amide bonds. The molecule has 1 saturated heterocycles. The van der Waals surface area contributed by atoms with Crippen molar-refractivity contribution >= 4 is 28.9 Å². The quantitative estimate of drug-likeness (QED) is 0.577. The highest BCUT2D eigenvalue weighted by Gasteiger charge is 2.31. The number of carbonyl (C=O) groups is 3. The van der Waals surface area contributed by atoms with E-state index >= 15 is 0 Å². The molecule has 1 aromatic rings. The molecule has 1 aliphatic heterocycles. The molecule has 0 radical (unpaired) electrons. The van der Waals surface area contributed by atoms with E-state index in [0.717, 1.165) is 4.31 Å². The van der Waals surface area contributed by atoms with Crippen LogP contribution < -0.4 is 0 Å². The van der Waals surface area contributed by atoms with Crippen molar-refractivity contribution in [2.45, 2.75) is 12.8 Å². The molecule has 0 bridgehead atoms. The third-order valence-electron chi connectivity index (χ3n) is 2.19. The number of nitrogens with zero attached hydrogens (tertiary/aromatic N) is 1. The van der Waals surface area contributed by atoms with E-state index in [1.807, 2.05) is 0 Å². The smallest absolute Gasteiger partial charge is 0.240 e. The van der Waals surface area contributed by atoms with E-state index in [0.29, 0.717) is 17.5 Å². The maximum atomic E-state index is 11.7. The van der Waals surface area contributed by atoms with E-state index in [4.69, 9.17) is 0 Å². The van der Waals surface area contributed by atoms with Crippen LogP contribution >= 0.6 is 11.9 Å². The molecule has 0 aromatic heterocycles. The van der Waals surface area contributed by atoms with Gasteiger partial charge in [0.25, 0.3) is 0 Å². The van der Waals surface area contributed by atoms with Gasteiger partial charge >= 0.3 is 0 Å². The van der Waals surface area contributed by atoms with Gasteiger partial charge in [-0.25, -0.2) is 4.31 Å². The molecule has 0 atom stereocenters. The van der Waals surface area contributed by atoms with E-state index < -0.39 is 0 Å². The predicted molar refractivity (Wildman–Crippen MR) is 59.5 cm³/mol. The van der Waals surface area contributed by atoms with Crippen molar-refractivity contribution in [3.63, 3.8) is 0 Å². The van der Waals surface area contributed by atoms with Gasteiger partial charge in [-0.05, 0) is 0 Å². The topological polar surface area (TPSA) is 54.5 Å². The third kappa shape index (κ3) is 2.14. The molecule has 0 aliphatic carbocycles. The summed E-state index contributed by atoms with van der Waals surface area (Å²) in [6.07, 6.45) is 0.405.